The van der Waals surface area contributed by atoms with E-state index in [2.05, 4.69) is 42.6 Å². The summed E-state index contributed by atoms with van der Waals surface area (Å²) in [7, 11) is 0. The number of nitrogens with zero attached hydrogens (tertiary/aromatic N) is 4. The normalized spacial score (nSPS) is 14.9. The van der Waals surface area contributed by atoms with Crippen LogP contribution in [0, 0.1) is 11.3 Å². The topological polar surface area (TPSA) is 123 Å². The zero-order valence-corrected chi connectivity index (χ0v) is 16.8. The molecule has 8 heteroatoms. The third-order valence-corrected chi connectivity index (χ3v) is 5.43. The molecular formula is C23H19N7O. The lowest BCUT2D eigenvalue weighted by Crippen LogP contribution is -2.30. The summed E-state index contributed by atoms with van der Waals surface area (Å²) in [5, 5.41) is 21.5. The standard InChI is InChI=1S/C23H19N7O/c1-2-21(31)27-16-6-14(10-25-12-16)15-7-18-22(29-30-23(18)26-11-15)20-8-17-13(9-24)4-3-5-19(17)28-20/h3-8,10,12,15,28H,2,11H2,1H3,(H,26,30)(H,27,31). The lowest BCUT2D eigenvalue weighted by molar-refractivity contribution is -0.115. The molecule has 0 fully saturated rings. The average molecular weight is 409 g/mol. The summed E-state index contributed by atoms with van der Waals surface area (Å²) >= 11 is 0. The van der Waals surface area contributed by atoms with E-state index in [1.54, 1.807) is 18.5 Å². The van der Waals surface area contributed by atoms with Crippen LogP contribution in [0.1, 0.15) is 30.4 Å². The van der Waals surface area contributed by atoms with E-state index in [-0.39, 0.29) is 11.8 Å². The Labute approximate surface area is 177 Å². The third kappa shape index (κ3) is 3.36. The van der Waals surface area contributed by atoms with E-state index < -0.39 is 0 Å². The van der Waals surface area contributed by atoms with Crippen molar-refractivity contribution in [3.63, 3.8) is 0 Å². The number of benzene rings is 1. The van der Waals surface area contributed by atoms with Gasteiger partial charge in [0.2, 0.25) is 5.91 Å². The lowest BCUT2D eigenvalue weighted by atomic mass is 9.97. The van der Waals surface area contributed by atoms with Gasteiger partial charge in [0.1, 0.15) is 5.69 Å². The van der Waals surface area contributed by atoms with Gasteiger partial charge in [0.15, 0.2) is 5.49 Å². The van der Waals surface area contributed by atoms with Crippen LogP contribution < -0.4 is 16.0 Å². The first-order valence-electron chi connectivity index (χ1n) is 10.0. The van der Waals surface area contributed by atoms with Crippen molar-refractivity contribution in [2.45, 2.75) is 19.3 Å². The van der Waals surface area contributed by atoms with Crippen molar-refractivity contribution >= 4 is 28.6 Å². The van der Waals surface area contributed by atoms with Crippen molar-refractivity contribution in [3.8, 4) is 17.5 Å². The number of pyridine rings is 1. The van der Waals surface area contributed by atoms with Gasteiger partial charge in [-0.1, -0.05) is 19.1 Å². The minimum absolute atomic E-state index is 0.00822. The molecule has 5 rings (SSSR count). The molecule has 1 aromatic carbocycles. The van der Waals surface area contributed by atoms with Crippen LogP contribution in [0.25, 0.3) is 28.4 Å². The van der Waals surface area contributed by atoms with Gasteiger partial charge < -0.3 is 10.3 Å². The summed E-state index contributed by atoms with van der Waals surface area (Å²) < 4.78 is 0. The van der Waals surface area contributed by atoms with E-state index in [1.807, 2.05) is 31.2 Å². The second kappa shape index (κ2) is 7.54. The van der Waals surface area contributed by atoms with Crippen LogP contribution in [-0.2, 0) is 4.79 Å². The monoisotopic (exact) mass is 409 g/mol. The molecule has 31 heavy (non-hydrogen) atoms. The summed E-state index contributed by atoms with van der Waals surface area (Å²) in [5.74, 6) is -0.0416. The number of carbonyl (C=O) groups is 1. The van der Waals surface area contributed by atoms with Gasteiger partial charge in [-0.3, -0.25) is 19.9 Å². The molecule has 0 saturated heterocycles. The number of aromatic amines is 2. The second-order valence-electron chi connectivity index (χ2n) is 7.42. The van der Waals surface area contributed by atoms with E-state index in [4.69, 9.17) is 0 Å². The minimum Gasteiger partial charge on any atom is -0.353 e. The van der Waals surface area contributed by atoms with E-state index >= 15 is 0 Å². The van der Waals surface area contributed by atoms with E-state index in [0.29, 0.717) is 24.2 Å². The highest BCUT2D eigenvalue weighted by Gasteiger charge is 2.18. The minimum atomic E-state index is -0.0498. The van der Waals surface area contributed by atoms with Gasteiger partial charge in [0.25, 0.3) is 0 Å². The van der Waals surface area contributed by atoms with Crippen LogP contribution in [0.4, 0.5) is 5.69 Å². The van der Waals surface area contributed by atoms with Gasteiger partial charge in [-0.2, -0.15) is 10.4 Å². The summed E-state index contributed by atoms with van der Waals surface area (Å²) in [6.45, 7) is 2.37. The number of hydrogen-bond acceptors (Lipinski definition) is 5. The highest BCUT2D eigenvalue weighted by atomic mass is 16.1. The Morgan fingerprint density at radius 1 is 1.32 bits per heavy atom. The zero-order chi connectivity index (χ0) is 21.4. The van der Waals surface area contributed by atoms with Crippen molar-refractivity contribution in [3.05, 3.63) is 64.6 Å². The second-order valence-corrected chi connectivity index (χ2v) is 7.42. The number of hydrogen-bond donors (Lipinski definition) is 3. The van der Waals surface area contributed by atoms with Crippen LogP contribution in [0.2, 0.25) is 0 Å². The third-order valence-electron chi connectivity index (χ3n) is 5.43. The van der Waals surface area contributed by atoms with E-state index in [0.717, 1.165) is 38.6 Å². The molecule has 3 N–H and O–H groups in total. The van der Waals surface area contributed by atoms with Gasteiger partial charge in [-0.15, -0.1) is 0 Å². The molecule has 4 aromatic rings. The molecule has 1 aliphatic heterocycles. The number of carbonyl (C=O) groups excluding carboxylic acids is 1. The molecular weight excluding hydrogens is 390 g/mol. The van der Waals surface area contributed by atoms with Gasteiger partial charge in [0, 0.05) is 34.7 Å². The van der Waals surface area contributed by atoms with Gasteiger partial charge in [-0.05, 0) is 29.8 Å². The number of H-pyrrole nitrogens is 2. The molecule has 1 atom stereocenters. The number of amides is 1. The number of rotatable bonds is 4. The van der Waals surface area contributed by atoms with E-state index in [1.165, 1.54) is 0 Å². The molecule has 0 radical (unpaired) electrons. The predicted molar refractivity (Wildman–Crippen MR) is 117 cm³/mol. The summed E-state index contributed by atoms with van der Waals surface area (Å²) in [4.78, 5) is 24.0. The molecule has 0 bridgehead atoms. The van der Waals surface area contributed by atoms with Crippen molar-refractivity contribution in [1.29, 1.82) is 5.26 Å². The van der Waals surface area contributed by atoms with E-state index in [9.17, 15) is 10.1 Å². The Balaban J connectivity index is 1.56. The largest absolute Gasteiger partial charge is 0.353 e. The molecule has 0 spiro atoms. The quantitative estimate of drug-likeness (QED) is 0.479. The van der Waals surface area contributed by atoms with Gasteiger partial charge in [0.05, 0.1) is 35.8 Å². The lowest BCUT2D eigenvalue weighted by Gasteiger charge is -2.14. The number of fused-ring (bicyclic) bond motifs is 2. The van der Waals surface area contributed by atoms with Crippen LogP contribution >= 0.6 is 0 Å². The van der Waals surface area contributed by atoms with Gasteiger partial charge in [-0.25, -0.2) is 0 Å². The van der Waals surface area contributed by atoms with Crippen molar-refractivity contribution in [2.24, 2.45) is 4.99 Å². The molecule has 8 nitrogen and oxygen atoms in total. The SMILES string of the molecule is CCC(=O)Nc1cncc(C2C=c3c(-c4cc5c(C#N)cccc5[nH]4)n[nH]c3=NC2)c1. The maximum absolute atomic E-state index is 11.7. The molecule has 0 saturated carbocycles. The molecule has 1 unspecified atom stereocenters. The fraction of sp³-hybridized carbons (Fsp3) is 0.174. The smallest absolute Gasteiger partial charge is 0.224 e. The first kappa shape index (κ1) is 18.8. The summed E-state index contributed by atoms with van der Waals surface area (Å²) in [6, 6.07) is 11.7. The molecule has 152 valence electrons. The van der Waals surface area contributed by atoms with Crippen molar-refractivity contribution in [2.75, 3.05) is 11.9 Å². The Kier molecular flexibility index (Phi) is 4.56. The predicted octanol–water partition coefficient (Wildman–Crippen LogP) is 2.37. The summed E-state index contributed by atoms with van der Waals surface area (Å²) in [5.41, 5.74) is 5.46. The Hall–Kier alpha value is -4.25. The van der Waals surface area contributed by atoms with Crippen molar-refractivity contribution < 1.29 is 4.79 Å². The number of nitrogens with one attached hydrogen (secondary N) is 3. The average Bonchev–Trinajstić information content (AvgIpc) is 3.42. The number of nitriles is 1. The van der Waals surface area contributed by atoms with Crippen LogP contribution in [0.15, 0.2) is 47.7 Å². The Morgan fingerprint density at radius 2 is 2.23 bits per heavy atom. The zero-order valence-electron chi connectivity index (χ0n) is 16.8. The molecule has 1 aliphatic rings. The fourth-order valence-electron chi connectivity index (χ4n) is 3.83. The molecule has 1 amide bonds. The summed E-state index contributed by atoms with van der Waals surface area (Å²) in [6.07, 6.45) is 5.98. The molecule has 3 aromatic heterocycles. The Bertz CT molecular complexity index is 1470. The molecule has 0 aliphatic carbocycles. The number of aromatic nitrogens is 4. The highest BCUT2D eigenvalue weighted by Crippen LogP contribution is 2.25. The van der Waals surface area contributed by atoms with Crippen LogP contribution in [-0.4, -0.2) is 32.6 Å². The first-order valence-corrected chi connectivity index (χ1v) is 10.0. The van der Waals surface area contributed by atoms with Crippen LogP contribution in [0.3, 0.4) is 0 Å². The molecule has 4 heterocycles. The highest BCUT2D eigenvalue weighted by molar-refractivity contribution is 5.91. The maximum Gasteiger partial charge on any atom is 0.224 e. The Morgan fingerprint density at radius 3 is 3.06 bits per heavy atom. The fourth-order valence-corrected chi connectivity index (χ4v) is 3.83. The number of anilines is 1. The first-order chi connectivity index (χ1) is 15.2. The maximum atomic E-state index is 11.7. The van der Waals surface area contributed by atoms with Gasteiger partial charge >= 0.3 is 0 Å². The van der Waals surface area contributed by atoms with Crippen LogP contribution in [0.5, 0.6) is 0 Å². The van der Waals surface area contributed by atoms with Crippen molar-refractivity contribution in [1.82, 2.24) is 20.2 Å².